The SMILES string of the molecule is CCC(COC)NC(=O)c1c(F)ccc(N)c1F. The van der Waals surface area contributed by atoms with E-state index in [2.05, 4.69) is 5.32 Å². The summed E-state index contributed by atoms with van der Waals surface area (Å²) < 4.78 is 31.9. The lowest BCUT2D eigenvalue weighted by Gasteiger charge is -2.16. The van der Waals surface area contributed by atoms with Gasteiger partial charge < -0.3 is 15.8 Å². The summed E-state index contributed by atoms with van der Waals surface area (Å²) >= 11 is 0. The van der Waals surface area contributed by atoms with E-state index in [0.717, 1.165) is 12.1 Å². The maximum atomic E-state index is 13.6. The molecule has 0 heterocycles. The first kappa shape index (κ1) is 14.4. The topological polar surface area (TPSA) is 64.3 Å². The van der Waals surface area contributed by atoms with Gasteiger partial charge in [-0.3, -0.25) is 4.79 Å². The zero-order valence-electron chi connectivity index (χ0n) is 10.3. The van der Waals surface area contributed by atoms with E-state index in [0.29, 0.717) is 6.42 Å². The van der Waals surface area contributed by atoms with E-state index in [1.54, 1.807) is 0 Å². The van der Waals surface area contributed by atoms with Gasteiger partial charge in [-0.1, -0.05) is 6.92 Å². The highest BCUT2D eigenvalue weighted by Gasteiger charge is 2.21. The molecule has 1 rings (SSSR count). The van der Waals surface area contributed by atoms with Crippen LogP contribution in [0.2, 0.25) is 0 Å². The second kappa shape index (κ2) is 6.30. The molecule has 0 radical (unpaired) electrons. The Balaban J connectivity index is 2.93. The molecule has 1 aromatic carbocycles. The van der Waals surface area contributed by atoms with Crippen LogP contribution < -0.4 is 11.1 Å². The molecule has 1 atom stereocenters. The first-order chi connectivity index (χ1) is 8.51. The van der Waals surface area contributed by atoms with Crippen molar-refractivity contribution in [3.05, 3.63) is 29.3 Å². The summed E-state index contributed by atoms with van der Waals surface area (Å²) in [5, 5.41) is 2.49. The summed E-state index contributed by atoms with van der Waals surface area (Å²) in [5.74, 6) is -2.81. The largest absolute Gasteiger partial charge is 0.396 e. The number of nitrogens with one attached hydrogen (secondary N) is 1. The summed E-state index contributed by atoms with van der Waals surface area (Å²) in [7, 11) is 1.48. The maximum absolute atomic E-state index is 13.6. The number of nitrogen functional groups attached to an aromatic ring is 1. The van der Waals surface area contributed by atoms with Crippen LogP contribution in [-0.2, 0) is 4.74 Å². The van der Waals surface area contributed by atoms with Crippen molar-refractivity contribution in [3.8, 4) is 0 Å². The summed E-state index contributed by atoms with van der Waals surface area (Å²) in [6.45, 7) is 2.10. The fourth-order valence-electron chi connectivity index (χ4n) is 1.50. The normalized spacial score (nSPS) is 12.2. The molecule has 0 saturated carbocycles. The highest BCUT2D eigenvalue weighted by atomic mass is 19.1. The second-order valence-electron chi connectivity index (χ2n) is 3.86. The predicted octanol–water partition coefficient (Wildman–Crippen LogP) is 1.70. The molecule has 0 aromatic heterocycles. The Labute approximate surface area is 104 Å². The van der Waals surface area contributed by atoms with Gasteiger partial charge in [-0.05, 0) is 18.6 Å². The molecule has 6 heteroatoms. The van der Waals surface area contributed by atoms with Crippen LogP contribution in [0, 0.1) is 11.6 Å². The number of carbonyl (C=O) groups excluding carboxylic acids is 1. The molecule has 1 aromatic rings. The van der Waals surface area contributed by atoms with Gasteiger partial charge in [-0.25, -0.2) is 8.78 Å². The lowest BCUT2D eigenvalue weighted by molar-refractivity contribution is 0.0886. The van der Waals surface area contributed by atoms with Crippen LogP contribution in [0.25, 0.3) is 0 Å². The smallest absolute Gasteiger partial charge is 0.257 e. The molecule has 0 fully saturated rings. The van der Waals surface area contributed by atoms with Crippen molar-refractivity contribution in [2.45, 2.75) is 19.4 Å². The van der Waals surface area contributed by atoms with Crippen LogP contribution in [-0.4, -0.2) is 25.7 Å². The Bertz CT molecular complexity index is 438. The summed E-state index contributed by atoms with van der Waals surface area (Å²) in [5.41, 5.74) is 4.38. The van der Waals surface area contributed by atoms with Gasteiger partial charge in [0.2, 0.25) is 0 Å². The first-order valence-electron chi connectivity index (χ1n) is 5.54. The molecule has 1 amide bonds. The molecule has 0 saturated heterocycles. The van der Waals surface area contributed by atoms with Crippen molar-refractivity contribution in [3.63, 3.8) is 0 Å². The molecular weight excluding hydrogens is 242 g/mol. The fourth-order valence-corrected chi connectivity index (χ4v) is 1.50. The number of ether oxygens (including phenoxy) is 1. The summed E-state index contributed by atoms with van der Waals surface area (Å²) in [6.07, 6.45) is 0.588. The van der Waals surface area contributed by atoms with Crippen LogP contribution >= 0.6 is 0 Å². The zero-order valence-corrected chi connectivity index (χ0v) is 10.3. The van der Waals surface area contributed by atoms with Gasteiger partial charge in [0.25, 0.3) is 5.91 Å². The molecule has 4 nitrogen and oxygen atoms in total. The van der Waals surface area contributed by atoms with E-state index in [1.807, 2.05) is 6.92 Å². The van der Waals surface area contributed by atoms with Crippen LogP contribution in [0.4, 0.5) is 14.5 Å². The van der Waals surface area contributed by atoms with Gasteiger partial charge in [0, 0.05) is 7.11 Å². The minimum atomic E-state index is -1.04. The highest BCUT2D eigenvalue weighted by Crippen LogP contribution is 2.18. The Kier molecular flexibility index (Phi) is 5.03. The van der Waals surface area contributed by atoms with Crippen LogP contribution in [0.1, 0.15) is 23.7 Å². The molecule has 0 aliphatic carbocycles. The minimum Gasteiger partial charge on any atom is -0.396 e. The minimum absolute atomic E-state index is 0.263. The molecule has 0 bridgehead atoms. The van der Waals surface area contributed by atoms with Crippen molar-refractivity contribution in [1.29, 1.82) is 0 Å². The van der Waals surface area contributed by atoms with E-state index in [1.165, 1.54) is 7.11 Å². The van der Waals surface area contributed by atoms with Gasteiger partial charge in [-0.2, -0.15) is 0 Å². The van der Waals surface area contributed by atoms with E-state index in [4.69, 9.17) is 10.5 Å². The Hall–Kier alpha value is -1.69. The maximum Gasteiger partial charge on any atom is 0.257 e. The number of hydrogen-bond donors (Lipinski definition) is 2. The number of hydrogen-bond acceptors (Lipinski definition) is 3. The molecule has 1 unspecified atom stereocenters. The van der Waals surface area contributed by atoms with Crippen molar-refractivity contribution in [1.82, 2.24) is 5.32 Å². The van der Waals surface area contributed by atoms with Crippen molar-refractivity contribution in [2.75, 3.05) is 19.5 Å². The van der Waals surface area contributed by atoms with E-state index in [-0.39, 0.29) is 18.3 Å². The quantitative estimate of drug-likeness (QED) is 0.790. The predicted molar refractivity (Wildman–Crippen MR) is 64.2 cm³/mol. The lowest BCUT2D eigenvalue weighted by Crippen LogP contribution is -2.38. The number of methoxy groups -OCH3 is 1. The van der Waals surface area contributed by atoms with E-state index >= 15 is 0 Å². The lowest BCUT2D eigenvalue weighted by atomic mass is 10.1. The number of carbonyl (C=O) groups is 1. The monoisotopic (exact) mass is 258 g/mol. The molecule has 0 aliphatic rings. The average molecular weight is 258 g/mol. The number of halogens is 2. The third-order valence-electron chi connectivity index (χ3n) is 2.54. The number of nitrogens with two attached hydrogens (primary N) is 1. The third kappa shape index (κ3) is 3.16. The Morgan fingerprint density at radius 2 is 2.17 bits per heavy atom. The molecular formula is C12H16F2N2O2. The number of benzene rings is 1. The van der Waals surface area contributed by atoms with Gasteiger partial charge in [0.15, 0.2) is 5.82 Å². The first-order valence-corrected chi connectivity index (χ1v) is 5.54. The van der Waals surface area contributed by atoms with Crippen LogP contribution in [0.15, 0.2) is 12.1 Å². The number of amides is 1. The van der Waals surface area contributed by atoms with Gasteiger partial charge in [-0.15, -0.1) is 0 Å². The van der Waals surface area contributed by atoms with E-state index in [9.17, 15) is 13.6 Å². The van der Waals surface area contributed by atoms with Gasteiger partial charge >= 0.3 is 0 Å². The molecule has 0 spiro atoms. The zero-order chi connectivity index (χ0) is 13.7. The highest BCUT2D eigenvalue weighted by molar-refractivity contribution is 5.95. The number of anilines is 1. The Morgan fingerprint density at radius 3 is 2.72 bits per heavy atom. The summed E-state index contributed by atoms with van der Waals surface area (Å²) in [6, 6.07) is 1.74. The molecule has 100 valence electrons. The van der Waals surface area contributed by atoms with Crippen molar-refractivity contribution < 1.29 is 18.3 Å². The average Bonchev–Trinajstić information content (AvgIpc) is 2.34. The molecule has 3 N–H and O–H groups in total. The van der Waals surface area contributed by atoms with Crippen molar-refractivity contribution >= 4 is 11.6 Å². The second-order valence-corrected chi connectivity index (χ2v) is 3.86. The van der Waals surface area contributed by atoms with Gasteiger partial charge in [0.1, 0.15) is 11.4 Å². The van der Waals surface area contributed by atoms with Crippen molar-refractivity contribution in [2.24, 2.45) is 0 Å². The fraction of sp³-hybridized carbons (Fsp3) is 0.417. The van der Waals surface area contributed by atoms with Crippen LogP contribution in [0.5, 0.6) is 0 Å². The molecule has 18 heavy (non-hydrogen) atoms. The molecule has 0 aliphatic heterocycles. The van der Waals surface area contributed by atoms with E-state index < -0.39 is 23.1 Å². The Morgan fingerprint density at radius 1 is 1.50 bits per heavy atom. The third-order valence-corrected chi connectivity index (χ3v) is 2.54. The van der Waals surface area contributed by atoms with Crippen LogP contribution in [0.3, 0.4) is 0 Å². The standard InChI is InChI=1S/C12H16F2N2O2/c1-3-7(6-18-2)16-12(17)10-8(13)4-5-9(15)11(10)14/h4-5,7H,3,6,15H2,1-2H3,(H,16,17). The van der Waals surface area contributed by atoms with Gasteiger partial charge in [0.05, 0.1) is 18.3 Å². The summed E-state index contributed by atoms with van der Waals surface area (Å²) in [4.78, 5) is 11.8. The number of rotatable bonds is 5.